The summed E-state index contributed by atoms with van der Waals surface area (Å²) in [5.74, 6) is 0.433. The van der Waals surface area contributed by atoms with Gasteiger partial charge in [0, 0.05) is 10.5 Å². The lowest BCUT2D eigenvalue weighted by atomic mass is 9.86. The van der Waals surface area contributed by atoms with Crippen LogP contribution in [0.15, 0.2) is 28.8 Å². The molecule has 1 aliphatic rings. The van der Waals surface area contributed by atoms with Crippen LogP contribution >= 0.6 is 15.9 Å². The Bertz CT molecular complexity index is 667. The Hall–Kier alpha value is -0.983. The van der Waals surface area contributed by atoms with Crippen molar-refractivity contribution < 1.29 is 14.0 Å². The largest absolute Gasteiger partial charge is 0.481 e. The molecule has 0 N–H and O–H groups in total. The maximum absolute atomic E-state index is 12.6. The summed E-state index contributed by atoms with van der Waals surface area (Å²) in [5.41, 5.74) is 0.748. The van der Waals surface area contributed by atoms with Crippen molar-refractivity contribution in [2.75, 3.05) is 7.11 Å². The molecule has 2 atom stereocenters. The fourth-order valence-electron chi connectivity index (χ4n) is 2.62. The van der Waals surface area contributed by atoms with Gasteiger partial charge in [0.1, 0.15) is 0 Å². The van der Waals surface area contributed by atoms with Crippen molar-refractivity contribution in [1.82, 2.24) is 4.98 Å². The third kappa shape index (κ3) is 4.60. The number of aromatic nitrogens is 1. The molecule has 1 aromatic heterocycles. The molecule has 0 bridgehead atoms. The predicted octanol–water partition coefficient (Wildman–Crippen LogP) is 5.45. The molecule has 2 rings (SSSR count). The molecule has 1 heterocycles. The Labute approximate surface area is 160 Å². The fourth-order valence-corrected chi connectivity index (χ4v) is 4.33. The number of hydrogen-bond donors (Lipinski definition) is 0. The minimum absolute atomic E-state index is 0.0458. The molecule has 0 fully saturated rings. The second-order valence-corrected chi connectivity index (χ2v) is 13.6. The van der Waals surface area contributed by atoms with E-state index in [1.807, 2.05) is 12.1 Å². The first kappa shape index (κ1) is 20.3. The molecule has 0 saturated heterocycles. The number of pyridine rings is 1. The molecular formula is C19H28BrNO3Si. The Kier molecular flexibility index (Phi) is 6.28. The molecule has 0 amide bonds. The van der Waals surface area contributed by atoms with Crippen LogP contribution in [0.1, 0.15) is 45.4 Å². The zero-order chi connectivity index (χ0) is 18.8. The van der Waals surface area contributed by atoms with Crippen molar-refractivity contribution in [3.63, 3.8) is 0 Å². The number of allylic oxidation sites excluding steroid dienone is 2. The van der Waals surface area contributed by atoms with Crippen molar-refractivity contribution >= 4 is 30.0 Å². The highest BCUT2D eigenvalue weighted by atomic mass is 79.9. The number of hydrogen-bond acceptors (Lipinski definition) is 4. The zero-order valence-corrected chi connectivity index (χ0v) is 18.5. The Morgan fingerprint density at radius 2 is 2.00 bits per heavy atom. The van der Waals surface area contributed by atoms with E-state index < -0.39 is 8.32 Å². The molecule has 0 spiro atoms. The minimum Gasteiger partial charge on any atom is -0.481 e. The zero-order valence-electron chi connectivity index (χ0n) is 15.9. The van der Waals surface area contributed by atoms with E-state index in [0.717, 1.165) is 23.0 Å². The third-order valence-corrected chi connectivity index (χ3v) is 10.3. The van der Waals surface area contributed by atoms with Gasteiger partial charge in [0.25, 0.3) is 0 Å². The summed E-state index contributed by atoms with van der Waals surface area (Å²) in [4.78, 5) is 17.2. The summed E-state index contributed by atoms with van der Waals surface area (Å²) >= 11 is 3.59. The van der Waals surface area contributed by atoms with Crippen molar-refractivity contribution in [1.29, 1.82) is 0 Å². The number of methoxy groups -OCH3 is 1. The number of ether oxygens (including phenoxy) is 1. The van der Waals surface area contributed by atoms with Crippen molar-refractivity contribution in [3.8, 4) is 5.88 Å². The first-order chi connectivity index (χ1) is 11.6. The van der Waals surface area contributed by atoms with Crippen LogP contribution in [0.2, 0.25) is 18.1 Å². The third-order valence-electron chi connectivity index (χ3n) is 5.21. The van der Waals surface area contributed by atoms with Crippen LogP contribution in [0.3, 0.4) is 0 Å². The van der Waals surface area contributed by atoms with Gasteiger partial charge < -0.3 is 9.16 Å². The SMILES string of the molecule is COc1ccc(Br)c([C@H](O[Si](C)(C)C(C)(C)C)[C@H]2CCC=CC2=O)n1. The van der Waals surface area contributed by atoms with Gasteiger partial charge in [-0.1, -0.05) is 26.8 Å². The Morgan fingerprint density at radius 1 is 1.32 bits per heavy atom. The quantitative estimate of drug-likeness (QED) is 0.588. The van der Waals surface area contributed by atoms with Crippen molar-refractivity contribution in [2.45, 2.75) is 57.8 Å². The molecule has 25 heavy (non-hydrogen) atoms. The van der Waals surface area contributed by atoms with Gasteiger partial charge in [-0.3, -0.25) is 4.79 Å². The van der Waals surface area contributed by atoms with Gasteiger partial charge >= 0.3 is 0 Å². The summed E-state index contributed by atoms with van der Waals surface area (Å²) in [7, 11) is -0.497. The molecule has 0 unspecified atom stereocenters. The highest BCUT2D eigenvalue weighted by Gasteiger charge is 2.43. The summed E-state index contributed by atoms with van der Waals surface area (Å²) in [6.45, 7) is 11.0. The molecule has 1 aliphatic carbocycles. The molecule has 138 valence electrons. The summed E-state index contributed by atoms with van der Waals surface area (Å²) in [6.07, 6.45) is 4.92. The second-order valence-electron chi connectivity index (χ2n) is 8.01. The van der Waals surface area contributed by atoms with E-state index in [-0.39, 0.29) is 22.8 Å². The van der Waals surface area contributed by atoms with E-state index in [9.17, 15) is 4.79 Å². The highest BCUT2D eigenvalue weighted by Crippen LogP contribution is 2.44. The number of rotatable bonds is 5. The lowest BCUT2D eigenvalue weighted by Crippen LogP contribution is -2.44. The molecule has 0 radical (unpaired) electrons. The van der Waals surface area contributed by atoms with Crippen LogP contribution in [0, 0.1) is 5.92 Å². The number of carbonyl (C=O) groups is 1. The Morgan fingerprint density at radius 3 is 2.56 bits per heavy atom. The maximum Gasteiger partial charge on any atom is 0.213 e. The topological polar surface area (TPSA) is 48.4 Å². The second kappa shape index (κ2) is 7.72. The minimum atomic E-state index is -2.09. The van der Waals surface area contributed by atoms with E-state index >= 15 is 0 Å². The van der Waals surface area contributed by atoms with Crippen molar-refractivity contribution in [2.24, 2.45) is 5.92 Å². The molecule has 0 saturated carbocycles. The first-order valence-corrected chi connectivity index (χ1v) is 12.4. The first-order valence-electron chi connectivity index (χ1n) is 8.65. The average Bonchev–Trinajstić information content (AvgIpc) is 2.53. The molecule has 4 nitrogen and oxygen atoms in total. The monoisotopic (exact) mass is 425 g/mol. The molecule has 0 aromatic carbocycles. The van der Waals surface area contributed by atoms with Gasteiger partial charge in [-0.2, -0.15) is 0 Å². The maximum atomic E-state index is 12.6. The van der Waals surface area contributed by atoms with Crippen LogP contribution in [0.5, 0.6) is 5.88 Å². The van der Waals surface area contributed by atoms with Gasteiger partial charge in [0.05, 0.1) is 24.8 Å². The molecule has 1 aromatic rings. The van der Waals surface area contributed by atoms with Gasteiger partial charge in [-0.15, -0.1) is 0 Å². The molecule has 6 heteroatoms. The summed E-state index contributed by atoms with van der Waals surface area (Å²) in [5, 5.41) is 0.0458. The van der Waals surface area contributed by atoms with E-state index in [4.69, 9.17) is 9.16 Å². The van der Waals surface area contributed by atoms with E-state index in [2.05, 4.69) is 54.8 Å². The van der Waals surface area contributed by atoms with Gasteiger partial charge in [0.2, 0.25) is 5.88 Å². The Balaban J connectivity index is 2.49. The van der Waals surface area contributed by atoms with E-state index in [0.29, 0.717) is 5.88 Å². The normalized spacial score (nSPS) is 19.8. The average molecular weight is 426 g/mol. The fraction of sp³-hybridized carbons (Fsp3) is 0.579. The van der Waals surface area contributed by atoms with Crippen molar-refractivity contribution in [3.05, 3.63) is 34.5 Å². The van der Waals surface area contributed by atoms with Gasteiger partial charge in [0.15, 0.2) is 14.1 Å². The van der Waals surface area contributed by atoms with Crippen LogP contribution in [-0.2, 0) is 9.22 Å². The summed E-state index contributed by atoms with van der Waals surface area (Å²) in [6, 6.07) is 3.71. The lowest BCUT2D eigenvalue weighted by Gasteiger charge is -2.41. The van der Waals surface area contributed by atoms with Crippen LogP contribution in [0.25, 0.3) is 0 Å². The number of ketones is 1. The standard InChI is InChI=1S/C19H28BrNO3Si/c1-19(2,3)25(5,6)24-18(13-9-7-8-10-15(13)22)17-14(20)11-12-16(21-17)23-4/h8,10-13,18H,7,9H2,1-6H3/t13-,18+/m0/s1. The van der Waals surface area contributed by atoms with Gasteiger partial charge in [-0.25, -0.2) is 4.98 Å². The van der Waals surface area contributed by atoms with Crippen LogP contribution in [0.4, 0.5) is 0 Å². The highest BCUT2D eigenvalue weighted by molar-refractivity contribution is 9.10. The smallest absolute Gasteiger partial charge is 0.213 e. The number of halogens is 1. The van der Waals surface area contributed by atoms with Crippen LogP contribution in [-0.4, -0.2) is 26.2 Å². The molecular weight excluding hydrogens is 398 g/mol. The van der Waals surface area contributed by atoms with E-state index in [1.54, 1.807) is 19.3 Å². The van der Waals surface area contributed by atoms with E-state index in [1.165, 1.54) is 0 Å². The number of nitrogens with zero attached hydrogens (tertiary/aromatic N) is 1. The molecule has 0 aliphatic heterocycles. The van der Waals surface area contributed by atoms with Crippen LogP contribution < -0.4 is 4.74 Å². The summed E-state index contributed by atoms with van der Waals surface area (Å²) < 4.78 is 12.9. The predicted molar refractivity (Wildman–Crippen MR) is 106 cm³/mol. The van der Waals surface area contributed by atoms with Gasteiger partial charge in [-0.05, 0) is 59.0 Å². The lowest BCUT2D eigenvalue weighted by molar-refractivity contribution is -0.122. The number of carbonyl (C=O) groups excluding carboxylic acids is 1.